The van der Waals surface area contributed by atoms with Crippen molar-refractivity contribution >= 4 is 17.7 Å². The van der Waals surface area contributed by atoms with Gasteiger partial charge in [-0.2, -0.15) is 0 Å². The van der Waals surface area contributed by atoms with Gasteiger partial charge in [0.25, 0.3) is 0 Å². The predicted octanol–water partition coefficient (Wildman–Crippen LogP) is 3.34. The third kappa shape index (κ3) is 3.13. The topological polar surface area (TPSA) is 47.6 Å². The molecule has 0 unspecified atom stereocenters. The van der Waals surface area contributed by atoms with Gasteiger partial charge in [-0.3, -0.25) is 0 Å². The van der Waals surface area contributed by atoms with E-state index < -0.39 is 0 Å². The Bertz CT molecular complexity index is 541. The fourth-order valence-electron chi connectivity index (χ4n) is 2.00. The molecule has 0 spiro atoms. The van der Waals surface area contributed by atoms with Crippen LogP contribution in [0.4, 0.5) is 5.69 Å². The Morgan fingerprint density at radius 3 is 2.80 bits per heavy atom. The van der Waals surface area contributed by atoms with Crippen molar-refractivity contribution in [3.05, 3.63) is 29.3 Å². The lowest BCUT2D eigenvalue weighted by molar-refractivity contribution is 0.0597. The number of rotatable bonds is 3. The van der Waals surface area contributed by atoms with E-state index in [9.17, 15) is 4.79 Å². The van der Waals surface area contributed by atoms with E-state index in [2.05, 4.69) is 26.1 Å². The molecule has 0 atom stereocenters. The molecule has 1 heterocycles. The van der Waals surface area contributed by atoms with Gasteiger partial charge >= 0.3 is 5.97 Å². The molecule has 2 rings (SSSR count). The smallest absolute Gasteiger partial charge is 0.343 e. The second-order valence-electron chi connectivity index (χ2n) is 6.03. The fraction of sp³-hybridized carbons (Fsp3) is 0.438. The van der Waals surface area contributed by atoms with Crippen molar-refractivity contribution in [2.75, 3.05) is 25.6 Å². The minimum Gasteiger partial charge on any atom is -0.488 e. The second kappa shape index (κ2) is 5.57. The zero-order valence-corrected chi connectivity index (χ0v) is 12.4. The molecule has 0 saturated carbocycles. The number of carbonyl (C=O) groups excluding carboxylic acids is 1. The van der Waals surface area contributed by atoms with Gasteiger partial charge < -0.3 is 14.8 Å². The molecule has 1 N–H and O–H groups in total. The Morgan fingerprint density at radius 2 is 2.15 bits per heavy atom. The molecule has 1 aliphatic rings. The molecular formula is C16H21NO3. The molecular weight excluding hydrogens is 254 g/mol. The van der Waals surface area contributed by atoms with E-state index >= 15 is 0 Å². The summed E-state index contributed by atoms with van der Waals surface area (Å²) in [5, 5.41) is 3.31. The molecule has 0 aromatic heterocycles. The lowest BCUT2D eigenvalue weighted by Crippen LogP contribution is -2.21. The van der Waals surface area contributed by atoms with E-state index in [-0.39, 0.29) is 11.4 Å². The van der Waals surface area contributed by atoms with E-state index in [1.807, 2.05) is 24.3 Å². The zero-order valence-electron chi connectivity index (χ0n) is 12.4. The number of carbonyl (C=O) groups is 1. The van der Waals surface area contributed by atoms with Gasteiger partial charge in [0.15, 0.2) is 0 Å². The number of benzene rings is 1. The van der Waals surface area contributed by atoms with E-state index in [1.54, 1.807) is 0 Å². The SMILES string of the molecule is COC(=O)c1c(NCC(C)(C)C)ccc2c1OCC=C2. The van der Waals surface area contributed by atoms with Crippen molar-refractivity contribution in [3.8, 4) is 5.75 Å². The van der Waals surface area contributed by atoms with Crippen LogP contribution >= 0.6 is 0 Å². The molecule has 1 aromatic rings. The van der Waals surface area contributed by atoms with Crippen LogP contribution in [0.1, 0.15) is 36.7 Å². The number of hydrogen-bond donors (Lipinski definition) is 1. The van der Waals surface area contributed by atoms with Crippen LogP contribution in [0.3, 0.4) is 0 Å². The number of esters is 1. The maximum absolute atomic E-state index is 12.1. The Kier molecular flexibility index (Phi) is 4.02. The van der Waals surface area contributed by atoms with E-state index in [1.165, 1.54) is 7.11 Å². The molecule has 0 bridgehead atoms. The van der Waals surface area contributed by atoms with Gasteiger partial charge in [0.05, 0.1) is 12.8 Å². The minimum atomic E-state index is -0.381. The largest absolute Gasteiger partial charge is 0.488 e. The highest BCUT2D eigenvalue weighted by molar-refractivity contribution is 6.00. The fourth-order valence-corrected chi connectivity index (χ4v) is 2.00. The van der Waals surface area contributed by atoms with Crippen molar-refractivity contribution in [1.29, 1.82) is 0 Å². The first kappa shape index (κ1) is 14.4. The summed E-state index contributed by atoms with van der Waals surface area (Å²) in [6.07, 6.45) is 3.88. The molecule has 1 aliphatic heterocycles. The molecule has 0 saturated heterocycles. The number of hydrogen-bond acceptors (Lipinski definition) is 4. The van der Waals surface area contributed by atoms with Crippen LogP contribution in [0.15, 0.2) is 18.2 Å². The number of methoxy groups -OCH3 is 1. The summed E-state index contributed by atoms with van der Waals surface area (Å²) in [5.41, 5.74) is 2.24. The highest BCUT2D eigenvalue weighted by Gasteiger charge is 2.23. The van der Waals surface area contributed by atoms with Gasteiger partial charge in [-0.1, -0.05) is 26.8 Å². The van der Waals surface area contributed by atoms with Gasteiger partial charge in [0.1, 0.15) is 17.9 Å². The molecule has 4 nitrogen and oxygen atoms in total. The van der Waals surface area contributed by atoms with Crippen LogP contribution in [0.2, 0.25) is 0 Å². The summed E-state index contributed by atoms with van der Waals surface area (Å²) in [6.45, 7) is 7.63. The summed E-state index contributed by atoms with van der Waals surface area (Å²) < 4.78 is 10.5. The molecule has 108 valence electrons. The van der Waals surface area contributed by atoms with E-state index in [0.29, 0.717) is 17.9 Å². The van der Waals surface area contributed by atoms with Crippen LogP contribution in [-0.2, 0) is 4.74 Å². The minimum absolute atomic E-state index is 0.115. The molecule has 0 aliphatic carbocycles. The van der Waals surface area contributed by atoms with E-state index in [4.69, 9.17) is 9.47 Å². The molecule has 4 heteroatoms. The summed E-state index contributed by atoms with van der Waals surface area (Å²) in [5.74, 6) is 0.215. The van der Waals surface area contributed by atoms with Crippen molar-refractivity contribution in [3.63, 3.8) is 0 Å². The van der Waals surface area contributed by atoms with Crippen molar-refractivity contribution in [1.82, 2.24) is 0 Å². The highest BCUT2D eigenvalue weighted by atomic mass is 16.5. The Hall–Kier alpha value is -1.97. The lowest BCUT2D eigenvalue weighted by Gasteiger charge is -2.23. The van der Waals surface area contributed by atoms with Crippen molar-refractivity contribution in [2.24, 2.45) is 5.41 Å². The van der Waals surface area contributed by atoms with Crippen molar-refractivity contribution < 1.29 is 14.3 Å². The first-order chi connectivity index (χ1) is 9.42. The summed E-state index contributed by atoms with van der Waals surface area (Å²) in [7, 11) is 1.38. The normalized spacial score (nSPS) is 13.4. The monoisotopic (exact) mass is 275 g/mol. The standard InChI is InChI=1S/C16H21NO3/c1-16(2,3)10-17-12-8-7-11-6-5-9-20-14(11)13(12)15(18)19-4/h5-8,17H,9-10H2,1-4H3. The second-order valence-corrected chi connectivity index (χ2v) is 6.03. The van der Waals surface area contributed by atoms with Gasteiger partial charge in [-0.25, -0.2) is 4.79 Å². The number of ether oxygens (including phenoxy) is 2. The van der Waals surface area contributed by atoms with Crippen LogP contribution < -0.4 is 10.1 Å². The maximum atomic E-state index is 12.1. The average molecular weight is 275 g/mol. The van der Waals surface area contributed by atoms with Crippen LogP contribution in [-0.4, -0.2) is 26.2 Å². The van der Waals surface area contributed by atoms with Gasteiger partial charge in [-0.15, -0.1) is 0 Å². The predicted molar refractivity (Wildman–Crippen MR) is 80.3 cm³/mol. The van der Waals surface area contributed by atoms with E-state index in [0.717, 1.165) is 17.8 Å². The maximum Gasteiger partial charge on any atom is 0.343 e. The summed E-state index contributed by atoms with van der Waals surface area (Å²) in [6, 6.07) is 3.85. The quantitative estimate of drug-likeness (QED) is 0.859. The molecule has 0 fully saturated rings. The third-order valence-corrected chi connectivity index (χ3v) is 3.01. The highest BCUT2D eigenvalue weighted by Crippen LogP contribution is 2.34. The summed E-state index contributed by atoms with van der Waals surface area (Å²) >= 11 is 0. The molecule has 1 aromatic carbocycles. The van der Waals surface area contributed by atoms with Crippen LogP contribution in [0, 0.1) is 5.41 Å². The number of fused-ring (bicyclic) bond motifs is 1. The van der Waals surface area contributed by atoms with Crippen LogP contribution in [0.5, 0.6) is 5.75 Å². The number of anilines is 1. The molecule has 20 heavy (non-hydrogen) atoms. The third-order valence-electron chi connectivity index (χ3n) is 3.01. The van der Waals surface area contributed by atoms with Crippen molar-refractivity contribution in [2.45, 2.75) is 20.8 Å². The van der Waals surface area contributed by atoms with Gasteiger partial charge in [-0.05, 0) is 23.6 Å². The zero-order chi connectivity index (χ0) is 14.8. The lowest BCUT2D eigenvalue weighted by atomic mass is 9.96. The first-order valence-electron chi connectivity index (χ1n) is 6.71. The number of nitrogens with one attached hydrogen (secondary N) is 1. The van der Waals surface area contributed by atoms with Gasteiger partial charge in [0.2, 0.25) is 0 Å². The summed E-state index contributed by atoms with van der Waals surface area (Å²) in [4.78, 5) is 12.1. The average Bonchev–Trinajstić information content (AvgIpc) is 2.42. The Balaban J connectivity index is 2.41. The first-order valence-corrected chi connectivity index (χ1v) is 6.71. The van der Waals surface area contributed by atoms with Crippen LogP contribution in [0.25, 0.3) is 6.08 Å². The Morgan fingerprint density at radius 1 is 1.40 bits per heavy atom. The molecule has 0 radical (unpaired) electrons. The molecule has 0 amide bonds. The van der Waals surface area contributed by atoms with Gasteiger partial charge in [0, 0.05) is 12.1 Å². The Labute approximate surface area is 119 Å².